The Bertz CT molecular complexity index is 1290. The summed E-state index contributed by atoms with van der Waals surface area (Å²) in [5.74, 6) is 1.52. The van der Waals surface area contributed by atoms with E-state index in [0.29, 0.717) is 45.6 Å². The number of rotatable bonds is 12. The molecule has 0 fully saturated rings. The minimum Gasteiger partial charge on any atom is -0.493 e. The summed E-state index contributed by atoms with van der Waals surface area (Å²) in [5, 5.41) is 4.43. The first kappa shape index (κ1) is 30.1. The van der Waals surface area contributed by atoms with Gasteiger partial charge in [0.25, 0.3) is 0 Å². The van der Waals surface area contributed by atoms with E-state index in [0.717, 1.165) is 0 Å². The Kier molecular flexibility index (Phi) is 11.4. The third kappa shape index (κ3) is 8.78. The highest BCUT2D eigenvalue weighted by atomic mass is 27.0. The van der Waals surface area contributed by atoms with Crippen molar-refractivity contribution in [3.05, 3.63) is 108 Å². The van der Waals surface area contributed by atoms with Crippen molar-refractivity contribution >= 4 is 29.3 Å². The van der Waals surface area contributed by atoms with Crippen LogP contribution in [0.2, 0.25) is 0 Å². The molecule has 0 radical (unpaired) electrons. The van der Waals surface area contributed by atoms with Crippen molar-refractivity contribution in [2.45, 2.75) is 12.8 Å². The molecule has 4 rings (SSSR count). The van der Waals surface area contributed by atoms with Crippen LogP contribution in [-0.2, 0) is 37.2 Å². The first-order valence-corrected chi connectivity index (χ1v) is 11.9. The van der Waals surface area contributed by atoms with Gasteiger partial charge in [0.1, 0.15) is 11.5 Å². The van der Waals surface area contributed by atoms with Crippen molar-refractivity contribution < 1.29 is 43.3 Å². The fourth-order valence-corrected chi connectivity index (χ4v) is 3.54. The first-order chi connectivity index (χ1) is 19.0. The summed E-state index contributed by atoms with van der Waals surface area (Å²) >= 11 is 0. The molecule has 9 nitrogen and oxygen atoms in total. The second kappa shape index (κ2) is 15.2. The van der Waals surface area contributed by atoms with Gasteiger partial charge in [-0.05, 0) is 59.7 Å². The lowest BCUT2D eigenvalue weighted by atomic mass is 10.1. The van der Waals surface area contributed by atoms with Crippen molar-refractivity contribution in [3.8, 4) is 34.5 Å². The Morgan fingerprint density at radius 2 is 0.950 bits per heavy atom. The Balaban J connectivity index is 0.00000441. The van der Waals surface area contributed by atoms with Crippen LogP contribution in [0, 0.1) is 0 Å². The van der Waals surface area contributed by atoms with Gasteiger partial charge in [0.2, 0.25) is 0 Å². The molecule has 0 aliphatic rings. The number of hydrogen-bond donors (Lipinski definition) is 0. The number of para-hydroxylation sites is 2. The molecule has 0 saturated heterocycles. The van der Waals surface area contributed by atoms with Crippen LogP contribution in [0.3, 0.4) is 0 Å². The Morgan fingerprint density at radius 3 is 1.32 bits per heavy atom. The van der Waals surface area contributed by atoms with E-state index in [2.05, 4.69) is 14.8 Å². The molecular weight excluding hydrogens is 531 g/mol. The summed E-state index contributed by atoms with van der Waals surface area (Å²) in [7, 11) is 3.04. The van der Waals surface area contributed by atoms with E-state index in [1.807, 2.05) is 36.4 Å². The molecule has 0 bridgehead atoms. The lowest BCUT2D eigenvalue weighted by Crippen LogP contribution is -2.14. The maximum absolute atomic E-state index is 12.2. The largest absolute Gasteiger partial charge is 0.493 e. The van der Waals surface area contributed by atoms with Crippen LogP contribution in [0.1, 0.15) is 11.1 Å². The summed E-state index contributed by atoms with van der Waals surface area (Å²) in [6.07, 6.45) is -0.323. The third-order valence-electron chi connectivity index (χ3n) is 5.35. The third-order valence-corrected chi connectivity index (χ3v) is 5.35. The van der Waals surface area contributed by atoms with E-state index in [-0.39, 0.29) is 30.2 Å². The topological polar surface area (TPSA) is 98.8 Å². The number of carbonyl (C=O) groups excluding carboxylic acids is 2. The van der Waals surface area contributed by atoms with Gasteiger partial charge < -0.3 is 18.9 Å². The molecule has 4 aromatic carbocycles. The van der Waals surface area contributed by atoms with Gasteiger partial charge in [0.15, 0.2) is 40.4 Å². The van der Waals surface area contributed by atoms with Gasteiger partial charge in [-0.1, -0.05) is 48.5 Å². The molecule has 0 aromatic heterocycles. The Morgan fingerprint density at radius 1 is 0.550 bits per heavy atom. The van der Waals surface area contributed by atoms with Gasteiger partial charge in [0, 0.05) is 5.04 Å². The van der Waals surface area contributed by atoms with Crippen LogP contribution in [0.4, 0.5) is 0 Å². The molecule has 0 aliphatic heterocycles. The molecule has 0 heterocycles. The Hall–Kier alpha value is -4.49. The minimum atomic E-state index is -0.776. The smallest absolute Gasteiger partial charge is 0.351 e. The SMILES string of the molecule is COc1ccc(CC(=O)OOOC(=O)Cc2ccc(OC)c(Oc3ccccc3)c2)cc1Oc1ccccc1.[AlH3]. The molecular formula is C30H29AlO9. The summed E-state index contributed by atoms with van der Waals surface area (Å²) in [4.78, 5) is 33.7. The maximum atomic E-state index is 12.2. The highest BCUT2D eigenvalue weighted by Crippen LogP contribution is 2.33. The second-order valence-corrected chi connectivity index (χ2v) is 8.13. The highest BCUT2D eigenvalue weighted by Gasteiger charge is 2.15. The van der Waals surface area contributed by atoms with Crippen LogP contribution in [0.15, 0.2) is 97.1 Å². The molecule has 0 amide bonds. The van der Waals surface area contributed by atoms with Crippen molar-refractivity contribution in [1.29, 1.82) is 0 Å². The summed E-state index contributed by atoms with van der Waals surface area (Å²) < 4.78 is 22.4. The van der Waals surface area contributed by atoms with Crippen LogP contribution in [0.25, 0.3) is 0 Å². The molecule has 0 aliphatic carbocycles. The van der Waals surface area contributed by atoms with Gasteiger partial charge in [-0.15, -0.1) is 0 Å². The normalized spacial score (nSPS) is 10.1. The summed E-state index contributed by atoms with van der Waals surface area (Å²) in [6.45, 7) is 0. The predicted molar refractivity (Wildman–Crippen MR) is 150 cm³/mol. The van der Waals surface area contributed by atoms with Crippen LogP contribution in [-0.4, -0.2) is 43.5 Å². The molecule has 0 unspecified atom stereocenters. The molecule has 0 atom stereocenters. The zero-order valence-electron chi connectivity index (χ0n) is 21.3. The van der Waals surface area contributed by atoms with Crippen LogP contribution in [0.5, 0.6) is 34.5 Å². The van der Waals surface area contributed by atoms with Crippen LogP contribution >= 0.6 is 0 Å². The van der Waals surface area contributed by atoms with Gasteiger partial charge in [-0.25, -0.2) is 9.59 Å². The van der Waals surface area contributed by atoms with Gasteiger partial charge in [0.05, 0.1) is 27.1 Å². The van der Waals surface area contributed by atoms with E-state index in [4.69, 9.17) is 18.9 Å². The lowest BCUT2D eigenvalue weighted by molar-refractivity contribution is -0.459. The first-order valence-electron chi connectivity index (χ1n) is 11.9. The maximum Gasteiger partial charge on any atom is 0.351 e. The zero-order valence-corrected chi connectivity index (χ0v) is 21.3. The predicted octanol–water partition coefficient (Wildman–Crippen LogP) is 4.82. The summed E-state index contributed by atoms with van der Waals surface area (Å²) in [6, 6.07) is 28.3. The highest BCUT2D eigenvalue weighted by molar-refractivity contribution is 5.75. The van der Waals surface area contributed by atoms with Crippen molar-refractivity contribution in [3.63, 3.8) is 0 Å². The quantitative estimate of drug-likeness (QED) is 0.137. The number of carbonyl (C=O) groups is 2. The Labute approximate surface area is 242 Å². The number of benzene rings is 4. The summed E-state index contributed by atoms with van der Waals surface area (Å²) in [5.41, 5.74) is 1.15. The number of methoxy groups -OCH3 is 2. The average molecular weight is 561 g/mol. The van der Waals surface area contributed by atoms with Crippen molar-refractivity contribution in [2.24, 2.45) is 0 Å². The number of ether oxygens (including phenoxy) is 4. The minimum absolute atomic E-state index is 0. The fraction of sp³-hybridized carbons (Fsp3) is 0.133. The van der Waals surface area contributed by atoms with Crippen molar-refractivity contribution in [2.75, 3.05) is 14.2 Å². The van der Waals surface area contributed by atoms with Gasteiger partial charge >= 0.3 is 11.9 Å². The van der Waals surface area contributed by atoms with Crippen LogP contribution < -0.4 is 18.9 Å². The van der Waals surface area contributed by atoms with Gasteiger partial charge in [-0.3, -0.25) is 9.78 Å². The van der Waals surface area contributed by atoms with E-state index >= 15 is 0 Å². The van der Waals surface area contributed by atoms with E-state index in [1.54, 1.807) is 60.7 Å². The molecule has 0 spiro atoms. The molecule has 0 saturated carbocycles. The molecule has 40 heavy (non-hydrogen) atoms. The zero-order chi connectivity index (χ0) is 27.5. The monoisotopic (exact) mass is 560 g/mol. The van der Waals surface area contributed by atoms with Gasteiger partial charge in [-0.2, -0.15) is 0 Å². The van der Waals surface area contributed by atoms with E-state index < -0.39 is 11.9 Å². The standard InChI is InChI=1S/C30H26O9.Al.3H/c1-33-25-15-13-21(17-27(25)35-23-9-5-3-6-10-23)19-29(31)37-39-38-30(32)20-22-14-16-26(34-2)28(18-22)36-24-11-7-4-8-12-24;;;;/h3-18H,19-20H2,1-2H3;;;;. The molecule has 4 aromatic rings. The molecule has 206 valence electrons. The average Bonchev–Trinajstić information content (AvgIpc) is 2.94. The fourth-order valence-electron chi connectivity index (χ4n) is 3.54. The number of hydrogen-bond acceptors (Lipinski definition) is 9. The lowest BCUT2D eigenvalue weighted by Gasteiger charge is -2.12. The molecule has 0 N–H and O–H groups in total. The second-order valence-electron chi connectivity index (χ2n) is 8.13. The van der Waals surface area contributed by atoms with Crippen molar-refractivity contribution in [1.82, 2.24) is 0 Å². The van der Waals surface area contributed by atoms with E-state index in [1.165, 1.54) is 14.2 Å². The van der Waals surface area contributed by atoms with E-state index in [9.17, 15) is 9.59 Å². The molecule has 10 heteroatoms.